The Hall–Kier alpha value is -3.67. The number of hydrogen-bond donors (Lipinski definition) is 1. The van der Waals surface area contributed by atoms with Gasteiger partial charge in [0, 0.05) is 29.3 Å². The summed E-state index contributed by atoms with van der Waals surface area (Å²) in [6.45, 7) is 0.597. The number of para-hydroxylation sites is 2. The first kappa shape index (κ1) is 17.4. The molecule has 1 aliphatic carbocycles. The minimum Gasteiger partial charge on any atom is -0.320 e. The Balaban J connectivity index is 1.46. The van der Waals surface area contributed by atoms with Gasteiger partial charge in [-0.05, 0) is 49.1 Å². The average Bonchev–Trinajstić information content (AvgIpc) is 3.48. The molecule has 2 heterocycles. The van der Waals surface area contributed by atoms with Gasteiger partial charge in [-0.1, -0.05) is 36.4 Å². The molecule has 0 spiro atoms. The van der Waals surface area contributed by atoms with Crippen molar-refractivity contribution in [1.29, 1.82) is 0 Å². The van der Waals surface area contributed by atoms with Crippen LogP contribution in [0.25, 0.3) is 5.69 Å². The van der Waals surface area contributed by atoms with Gasteiger partial charge in [0.15, 0.2) is 5.69 Å². The van der Waals surface area contributed by atoms with Crippen LogP contribution in [-0.4, -0.2) is 25.5 Å². The standard InChI is InChI=1S/C23H21N5O/c29-23(25-20-12-5-4-8-17(20)16-27-15-7-14-24-27)22-19-11-6-13-21(19)28(26-22)18-9-2-1-3-10-18/h1-5,7-10,12,14-15H,6,11,13,16H2,(H,25,29). The largest absolute Gasteiger partial charge is 0.320 e. The molecule has 0 fully saturated rings. The summed E-state index contributed by atoms with van der Waals surface area (Å²) in [5.74, 6) is -0.161. The van der Waals surface area contributed by atoms with Crippen molar-refractivity contribution in [1.82, 2.24) is 19.6 Å². The summed E-state index contributed by atoms with van der Waals surface area (Å²) in [4.78, 5) is 13.2. The number of carbonyl (C=O) groups is 1. The van der Waals surface area contributed by atoms with Crippen molar-refractivity contribution in [3.8, 4) is 5.69 Å². The smallest absolute Gasteiger partial charge is 0.276 e. The molecule has 5 rings (SSSR count). The maximum atomic E-state index is 13.2. The first-order valence-corrected chi connectivity index (χ1v) is 9.82. The number of hydrogen-bond acceptors (Lipinski definition) is 3. The Kier molecular flexibility index (Phi) is 4.44. The molecule has 2 aromatic heterocycles. The molecule has 1 N–H and O–H groups in total. The van der Waals surface area contributed by atoms with Crippen molar-refractivity contribution in [2.75, 3.05) is 5.32 Å². The number of benzene rings is 2. The van der Waals surface area contributed by atoms with Gasteiger partial charge < -0.3 is 5.32 Å². The Morgan fingerprint density at radius 2 is 1.83 bits per heavy atom. The van der Waals surface area contributed by atoms with Crippen molar-refractivity contribution in [3.63, 3.8) is 0 Å². The SMILES string of the molecule is O=C(Nc1ccccc1Cn1cccn1)c1nn(-c2ccccc2)c2c1CCC2. The van der Waals surface area contributed by atoms with Crippen LogP contribution < -0.4 is 5.32 Å². The second-order valence-electron chi connectivity index (χ2n) is 7.19. The van der Waals surface area contributed by atoms with Gasteiger partial charge in [-0.15, -0.1) is 0 Å². The lowest BCUT2D eigenvalue weighted by Gasteiger charge is -2.11. The second-order valence-corrected chi connectivity index (χ2v) is 7.19. The summed E-state index contributed by atoms with van der Waals surface area (Å²) < 4.78 is 3.76. The summed E-state index contributed by atoms with van der Waals surface area (Å²) in [6.07, 6.45) is 6.55. The van der Waals surface area contributed by atoms with Gasteiger partial charge in [0.1, 0.15) is 0 Å². The van der Waals surface area contributed by atoms with Gasteiger partial charge in [0.25, 0.3) is 5.91 Å². The van der Waals surface area contributed by atoms with Crippen molar-refractivity contribution < 1.29 is 4.79 Å². The number of amides is 1. The highest BCUT2D eigenvalue weighted by atomic mass is 16.2. The number of rotatable bonds is 5. The Bertz CT molecular complexity index is 1150. The van der Waals surface area contributed by atoms with Gasteiger partial charge in [-0.25, -0.2) is 4.68 Å². The number of aromatic nitrogens is 4. The Morgan fingerprint density at radius 3 is 2.66 bits per heavy atom. The lowest BCUT2D eigenvalue weighted by atomic mass is 10.1. The lowest BCUT2D eigenvalue weighted by Crippen LogP contribution is -2.16. The molecule has 144 valence electrons. The molecule has 4 aromatic rings. The number of carbonyl (C=O) groups excluding carboxylic acids is 1. The fourth-order valence-corrected chi connectivity index (χ4v) is 3.93. The van der Waals surface area contributed by atoms with E-state index in [1.165, 1.54) is 0 Å². The second kappa shape index (κ2) is 7.39. The first-order chi connectivity index (χ1) is 14.3. The third kappa shape index (κ3) is 3.33. The highest BCUT2D eigenvalue weighted by Crippen LogP contribution is 2.28. The van der Waals surface area contributed by atoms with Gasteiger partial charge in [-0.2, -0.15) is 10.2 Å². The van der Waals surface area contributed by atoms with Crippen molar-refractivity contribution in [3.05, 3.63) is 95.6 Å². The molecule has 0 unspecified atom stereocenters. The molecule has 0 bridgehead atoms. The minimum absolute atomic E-state index is 0.161. The molecule has 6 nitrogen and oxygen atoms in total. The number of nitrogens with zero attached hydrogens (tertiary/aromatic N) is 4. The first-order valence-electron chi connectivity index (χ1n) is 9.82. The van der Waals surface area contributed by atoms with Crippen LogP contribution in [0, 0.1) is 0 Å². The van der Waals surface area contributed by atoms with E-state index < -0.39 is 0 Å². The van der Waals surface area contributed by atoms with Gasteiger partial charge in [0.2, 0.25) is 0 Å². The van der Waals surface area contributed by atoms with Crippen LogP contribution in [0.4, 0.5) is 5.69 Å². The highest BCUT2D eigenvalue weighted by molar-refractivity contribution is 6.04. The average molecular weight is 383 g/mol. The van der Waals surface area contributed by atoms with E-state index in [0.29, 0.717) is 12.2 Å². The Labute approximate surface area is 168 Å². The molecule has 0 radical (unpaired) electrons. The fraction of sp³-hybridized carbons (Fsp3) is 0.174. The predicted molar refractivity (Wildman–Crippen MR) is 111 cm³/mol. The summed E-state index contributed by atoms with van der Waals surface area (Å²) in [6, 6.07) is 19.7. The summed E-state index contributed by atoms with van der Waals surface area (Å²) >= 11 is 0. The van der Waals surface area contributed by atoms with E-state index in [1.54, 1.807) is 6.20 Å². The predicted octanol–water partition coefficient (Wildman–Crippen LogP) is 3.86. The normalized spacial score (nSPS) is 12.7. The third-order valence-electron chi connectivity index (χ3n) is 5.30. The van der Waals surface area contributed by atoms with E-state index in [0.717, 1.165) is 47.5 Å². The van der Waals surface area contributed by atoms with E-state index in [2.05, 4.69) is 10.4 Å². The van der Waals surface area contributed by atoms with E-state index >= 15 is 0 Å². The monoisotopic (exact) mass is 383 g/mol. The zero-order chi connectivity index (χ0) is 19.6. The van der Waals surface area contributed by atoms with Crippen LogP contribution in [0.1, 0.15) is 33.7 Å². The van der Waals surface area contributed by atoms with Gasteiger partial charge in [-0.3, -0.25) is 9.48 Å². The molecule has 6 heteroatoms. The minimum atomic E-state index is -0.161. The summed E-state index contributed by atoms with van der Waals surface area (Å²) in [7, 11) is 0. The third-order valence-corrected chi connectivity index (χ3v) is 5.30. The van der Waals surface area contributed by atoms with E-state index in [4.69, 9.17) is 5.10 Å². The van der Waals surface area contributed by atoms with Gasteiger partial charge in [0.05, 0.1) is 12.2 Å². The molecule has 29 heavy (non-hydrogen) atoms. The maximum absolute atomic E-state index is 13.2. The molecule has 0 aliphatic heterocycles. The maximum Gasteiger partial charge on any atom is 0.276 e. The van der Waals surface area contributed by atoms with Crippen LogP contribution in [0.3, 0.4) is 0 Å². The van der Waals surface area contributed by atoms with Crippen LogP contribution in [0.15, 0.2) is 73.1 Å². The lowest BCUT2D eigenvalue weighted by molar-refractivity contribution is 0.102. The molecular weight excluding hydrogens is 362 g/mol. The zero-order valence-corrected chi connectivity index (χ0v) is 16.0. The molecule has 0 saturated carbocycles. The number of nitrogens with one attached hydrogen (secondary N) is 1. The topological polar surface area (TPSA) is 64.7 Å². The Morgan fingerprint density at radius 1 is 1.00 bits per heavy atom. The molecule has 0 saturated heterocycles. The number of anilines is 1. The van der Waals surface area contributed by atoms with Crippen LogP contribution in [0.2, 0.25) is 0 Å². The summed E-state index contributed by atoms with van der Waals surface area (Å²) in [5.41, 5.74) is 5.51. The van der Waals surface area contributed by atoms with Crippen LogP contribution >= 0.6 is 0 Å². The molecule has 2 aromatic carbocycles. The van der Waals surface area contributed by atoms with Gasteiger partial charge >= 0.3 is 0 Å². The quantitative estimate of drug-likeness (QED) is 0.569. The van der Waals surface area contributed by atoms with Crippen molar-refractivity contribution in [2.45, 2.75) is 25.8 Å². The molecule has 1 aliphatic rings. The van der Waals surface area contributed by atoms with E-state index in [1.807, 2.05) is 76.2 Å². The van der Waals surface area contributed by atoms with E-state index in [-0.39, 0.29) is 5.91 Å². The summed E-state index contributed by atoms with van der Waals surface area (Å²) in [5, 5.41) is 12.0. The molecule has 1 amide bonds. The van der Waals surface area contributed by atoms with E-state index in [9.17, 15) is 4.79 Å². The molecule has 0 atom stereocenters. The molecular formula is C23H21N5O. The zero-order valence-electron chi connectivity index (χ0n) is 16.0. The highest BCUT2D eigenvalue weighted by Gasteiger charge is 2.27. The van der Waals surface area contributed by atoms with Crippen LogP contribution in [0.5, 0.6) is 0 Å². The fourth-order valence-electron chi connectivity index (χ4n) is 3.93. The number of fused-ring (bicyclic) bond motifs is 1. The van der Waals surface area contributed by atoms with Crippen molar-refractivity contribution in [2.24, 2.45) is 0 Å². The van der Waals surface area contributed by atoms with Crippen molar-refractivity contribution >= 4 is 11.6 Å². The van der Waals surface area contributed by atoms with Crippen LogP contribution in [-0.2, 0) is 19.4 Å².